The van der Waals surface area contributed by atoms with Crippen LogP contribution in [0.25, 0.3) is 0 Å². The first-order valence-corrected chi connectivity index (χ1v) is 9.20. The molecule has 0 amide bonds. The summed E-state index contributed by atoms with van der Waals surface area (Å²) >= 11 is 0. The number of sulfonamides is 1. The van der Waals surface area contributed by atoms with E-state index >= 15 is 0 Å². The summed E-state index contributed by atoms with van der Waals surface area (Å²) in [6, 6.07) is 5.79. The average Bonchev–Trinajstić information content (AvgIpc) is 2.46. The fraction of sp³-hybridized carbons (Fsp3) is 0.600. The van der Waals surface area contributed by atoms with Crippen molar-refractivity contribution in [2.45, 2.75) is 19.8 Å². The van der Waals surface area contributed by atoms with Gasteiger partial charge in [0.25, 0.3) is 0 Å². The number of hydrogen-bond donors (Lipinski definition) is 0. The van der Waals surface area contributed by atoms with Gasteiger partial charge >= 0.3 is 0 Å². The Morgan fingerprint density at radius 2 is 2.23 bits per heavy atom. The molecule has 1 aliphatic rings. The van der Waals surface area contributed by atoms with Gasteiger partial charge in [-0.3, -0.25) is 0 Å². The van der Waals surface area contributed by atoms with Crippen molar-refractivity contribution in [2.24, 2.45) is 5.92 Å². The van der Waals surface area contributed by atoms with Crippen molar-refractivity contribution in [3.05, 3.63) is 23.4 Å². The van der Waals surface area contributed by atoms with Crippen LogP contribution in [0.4, 0.5) is 5.82 Å². The second kappa shape index (κ2) is 6.63. The van der Waals surface area contributed by atoms with E-state index in [4.69, 9.17) is 5.26 Å². The predicted octanol–water partition coefficient (Wildman–Crippen LogP) is 1.37. The molecule has 2 rings (SSSR count). The first-order valence-electron chi connectivity index (χ1n) is 7.35. The minimum absolute atomic E-state index is 0.297. The van der Waals surface area contributed by atoms with Crippen LogP contribution in [-0.2, 0) is 10.0 Å². The number of hydrogen-bond acceptors (Lipinski definition) is 5. The van der Waals surface area contributed by atoms with Crippen molar-refractivity contribution >= 4 is 15.8 Å². The van der Waals surface area contributed by atoms with E-state index in [0.29, 0.717) is 18.0 Å². The normalized spacial score (nSPS) is 19.2. The highest BCUT2D eigenvalue weighted by Crippen LogP contribution is 2.23. The van der Waals surface area contributed by atoms with Crippen LogP contribution in [0.5, 0.6) is 0 Å². The standard InChI is InChI=1S/C15H22N4O2S/c1-12-14(9-16)6-7-15(17-12)19-8-4-5-13(11-19)10-18(2)22(3,20)21/h6-7,13H,4-5,8,10-11H2,1-3H3. The third-order valence-electron chi connectivity index (χ3n) is 4.12. The molecule has 1 saturated heterocycles. The van der Waals surface area contributed by atoms with Gasteiger partial charge in [-0.05, 0) is 37.8 Å². The van der Waals surface area contributed by atoms with Crippen molar-refractivity contribution in [1.29, 1.82) is 5.26 Å². The van der Waals surface area contributed by atoms with Gasteiger partial charge in [-0.2, -0.15) is 5.26 Å². The SMILES string of the molecule is Cc1nc(N2CCCC(CN(C)S(C)(=O)=O)C2)ccc1C#N. The third-order valence-corrected chi connectivity index (χ3v) is 5.40. The summed E-state index contributed by atoms with van der Waals surface area (Å²) in [4.78, 5) is 6.68. The Balaban J connectivity index is 2.08. The molecule has 2 heterocycles. The summed E-state index contributed by atoms with van der Waals surface area (Å²) < 4.78 is 24.5. The van der Waals surface area contributed by atoms with Crippen LogP contribution in [0.2, 0.25) is 0 Å². The van der Waals surface area contributed by atoms with Gasteiger partial charge < -0.3 is 4.90 Å². The first-order chi connectivity index (χ1) is 10.3. The molecule has 0 N–H and O–H groups in total. The second-order valence-electron chi connectivity index (χ2n) is 5.91. The van der Waals surface area contributed by atoms with Crippen LogP contribution in [0.15, 0.2) is 12.1 Å². The minimum atomic E-state index is -3.14. The largest absolute Gasteiger partial charge is 0.356 e. The summed E-state index contributed by atoms with van der Waals surface area (Å²) in [7, 11) is -1.51. The Morgan fingerprint density at radius 3 is 2.82 bits per heavy atom. The summed E-state index contributed by atoms with van der Waals surface area (Å²) in [5, 5.41) is 8.97. The number of pyridine rings is 1. The highest BCUT2D eigenvalue weighted by molar-refractivity contribution is 7.88. The van der Waals surface area contributed by atoms with Gasteiger partial charge in [-0.25, -0.2) is 17.7 Å². The second-order valence-corrected chi connectivity index (χ2v) is 8.00. The van der Waals surface area contributed by atoms with Crippen molar-refractivity contribution in [3.63, 3.8) is 0 Å². The van der Waals surface area contributed by atoms with Crippen molar-refractivity contribution < 1.29 is 8.42 Å². The zero-order chi connectivity index (χ0) is 16.3. The van der Waals surface area contributed by atoms with Crippen molar-refractivity contribution in [2.75, 3.05) is 37.8 Å². The molecule has 1 unspecified atom stereocenters. The maximum Gasteiger partial charge on any atom is 0.210 e. The van der Waals surface area contributed by atoms with Gasteiger partial charge in [0, 0.05) is 26.7 Å². The van der Waals surface area contributed by atoms with Gasteiger partial charge in [0.15, 0.2) is 0 Å². The molecular weight excluding hydrogens is 300 g/mol. The molecule has 6 nitrogen and oxygen atoms in total. The number of piperidine rings is 1. The lowest BCUT2D eigenvalue weighted by Gasteiger charge is -2.35. The fourth-order valence-electron chi connectivity index (χ4n) is 2.76. The highest BCUT2D eigenvalue weighted by Gasteiger charge is 2.24. The molecule has 0 aliphatic carbocycles. The molecule has 1 aliphatic heterocycles. The van der Waals surface area contributed by atoms with E-state index in [1.165, 1.54) is 10.6 Å². The lowest BCUT2D eigenvalue weighted by molar-refractivity contribution is 0.336. The zero-order valence-corrected chi connectivity index (χ0v) is 14.1. The van der Waals surface area contributed by atoms with E-state index in [9.17, 15) is 8.42 Å². The van der Waals surface area contributed by atoms with Crippen LogP contribution < -0.4 is 4.90 Å². The highest BCUT2D eigenvalue weighted by atomic mass is 32.2. The topological polar surface area (TPSA) is 77.3 Å². The van der Waals surface area contributed by atoms with E-state index < -0.39 is 10.0 Å². The quantitative estimate of drug-likeness (QED) is 0.836. The molecule has 0 saturated carbocycles. The van der Waals surface area contributed by atoms with Crippen LogP contribution >= 0.6 is 0 Å². The molecule has 1 aromatic rings. The van der Waals surface area contributed by atoms with Gasteiger partial charge in [0.2, 0.25) is 10.0 Å². The lowest BCUT2D eigenvalue weighted by Crippen LogP contribution is -2.41. The Morgan fingerprint density at radius 1 is 1.50 bits per heavy atom. The number of nitriles is 1. The van der Waals surface area contributed by atoms with E-state index in [1.54, 1.807) is 13.1 Å². The summed E-state index contributed by atoms with van der Waals surface area (Å²) in [5.74, 6) is 1.16. The molecule has 22 heavy (non-hydrogen) atoms. The van der Waals surface area contributed by atoms with Crippen LogP contribution in [-0.4, -0.2) is 50.6 Å². The summed E-state index contributed by atoms with van der Waals surface area (Å²) in [6.07, 6.45) is 3.27. The molecule has 0 bridgehead atoms. The van der Waals surface area contributed by atoms with E-state index in [2.05, 4.69) is 16.0 Å². The van der Waals surface area contributed by atoms with Crippen LogP contribution in [0.3, 0.4) is 0 Å². The van der Waals surface area contributed by atoms with Crippen molar-refractivity contribution in [1.82, 2.24) is 9.29 Å². The van der Waals surface area contributed by atoms with E-state index in [1.807, 2.05) is 13.0 Å². The number of aryl methyl sites for hydroxylation is 1. The molecule has 0 spiro atoms. The Kier molecular flexibility index (Phi) is 5.04. The van der Waals surface area contributed by atoms with E-state index in [0.717, 1.165) is 37.4 Å². The Hall–Kier alpha value is -1.65. The average molecular weight is 322 g/mol. The fourth-order valence-corrected chi connectivity index (χ4v) is 3.24. The monoisotopic (exact) mass is 322 g/mol. The van der Waals surface area contributed by atoms with Crippen LogP contribution in [0.1, 0.15) is 24.1 Å². The van der Waals surface area contributed by atoms with Crippen molar-refractivity contribution in [3.8, 4) is 6.07 Å². The number of nitrogens with zero attached hydrogens (tertiary/aromatic N) is 4. The summed E-state index contributed by atoms with van der Waals surface area (Å²) in [6.45, 7) is 4.07. The smallest absolute Gasteiger partial charge is 0.210 e. The number of anilines is 1. The lowest BCUT2D eigenvalue weighted by atomic mass is 9.98. The predicted molar refractivity (Wildman–Crippen MR) is 86.1 cm³/mol. The van der Waals surface area contributed by atoms with Gasteiger partial charge in [-0.15, -0.1) is 0 Å². The number of rotatable bonds is 4. The maximum atomic E-state index is 11.5. The van der Waals surface area contributed by atoms with Gasteiger partial charge in [0.1, 0.15) is 11.9 Å². The summed E-state index contributed by atoms with van der Waals surface area (Å²) in [5.41, 5.74) is 1.32. The van der Waals surface area contributed by atoms with E-state index in [-0.39, 0.29) is 0 Å². The van der Waals surface area contributed by atoms with Gasteiger partial charge in [0.05, 0.1) is 17.5 Å². The minimum Gasteiger partial charge on any atom is -0.356 e. The van der Waals surface area contributed by atoms with Crippen LogP contribution in [0, 0.1) is 24.2 Å². The first kappa shape index (κ1) is 16.7. The molecule has 1 aromatic heterocycles. The van der Waals surface area contributed by atoms with Gasteiger partial charge in [-0.1, -0.05) is 0 Å². The molecule has 1 atom stereocenters. The third kappa shape index (κ3) is 3.96. The molecule has 7 heteroatoms. The molecule has 1 fully saturated rings. The molecule has 120 valence electrons. The zero-order valence-electron chi connectivity index (χ0n) is 13.3. The molecular formula is C15H22N4O2S. The maximum absolute atomic E-state index is 11.5. The molecule has 0 radical (unpaired) electrons. The Bertz CT molecular complexity index is 681. The molecule has 0 aromatic carbocycles. The Labute approximate surface area is 132 Å². The number of aromatic nitrogens is 1.